The van der Waals surface area contributed by atoms with Crippen LogP contribution in [0.5, 0.6) is 0 Å². The van der Waals surface area contributed by atoms with Crippen molar-refractivity contribution in [1.82, 2.24) is 0 Å². The minimum Gasteiger partial charge on any atom is -0.757 e. The third kappa shape index (κ3) is 3.38. The third-order valence-corrected chi connectivity index (χ3v) is 2.92. The van der Waals surface area contributed by atoms with Crippen molar-refractivity contribution in [1.29, 1.82) is 5.26 Å². The highest BCUT2D eigenvalue weighted by atomic mass is 16.6. The standard InChI is InChI=1S/C15H10N4O2/c16-10-15(11-17)18-7-5-13(6-8-18)9-12-1-3-14(4-2-12)19(20)21/h1-8H,9H2. The lowest BCUT2D eigenvalue weighted by molar-refractivity contribution is -0.576. The van der Waals surface area contributed by atoms with E-state index in [0.29, 0.717) is 6.42 Å². The Morgan fingerprint density at radius 2 is 1.76 bits per heavy atom. The van der Waals surface area contributed by atoms with Crippen molar-refractivity contribution in [3.63, 3.8) is 0 Å². The van der Waals surface area contributed by atoms with Gasteiger partial charge >= 0.3 is 5.70 Å². The molecule has 102 valence electrons. The summed E-state index contributed by atoms with van der Waals surface area (Å²) in [4.78, 5) is 10.1. The van der Waals surface area contributed by atoms with E-state index in [-0.39, 0.29) is 11.4 Å². The first-order valence-electron chi connectivity index (χ1n) is 6.05. The van der Waals surface area contributed by atoms with Gasteiger partial charge in [0.1, 0.15) is 0 Å². The molecule has 0 aliphatic rings. The summed E-state index contributed by atoms with van der Waals surface area (Å²) >= 11 is 0. The zero-order valence-corrected chi connectivity index (χ0v) is 10.9. The number of hydrogen-bond acceptors (Lipinski definition) is 3. The molecule has 0 saturated carbocycles. The first-order valence-corrected chi connectivity index (χ1v) is 6.05. The topological polar surface area (TPSA) is 93.1 Å². The van der Waals surface area contributed by atoms with E-state index in [0.717, 1.165) is 11.1 Å². The summed E-state index contributed by atoms with van der Waals surface area (Å²) in [6.07, 6.45) is 3.90. The molecule has 6 heteroatoms. The number of allylic oxidation sites excluding steroid dienone is 1. The Kier molecular flexibility index (Phi) is 4.20. The van der Waals surface area contributed by atoms with Gasteiger partial charge in [-0.3, -0.25) is 10.1 Å². The molecule has 1 aromatic heterocycles. The van der Waals surface area contributed by atoms with Crippen LogP contribution >= 0.6 is 0 Å². The molecule has 0 amide bonds. The van der Waals surface area contributed by atoms with Gasteiger partial charge in [0.25, 0.3) is 5.69 Å². The van der Waals surface area contributed by atoms with E-state index < -0.39 is 4.92 Å². The summed E-state index contributed by atoms with van der Waals surface area (Å²) < 4.78 is 1.44. The SMILES string of the molecule is N#CC(=C=[N-])[n+]1ccc(Cc2ccc([N+](=O)[O-])cc2)cc1. The van der Waals surface area contributed by atoms with Gasteiger partial charge in [-0.2, -0.15) is 15.7 Å². The number of benzene rings is 1. The van der Waals surface area contributed by atoms with Gasteiger partial charge in [0, 0.05) is 24.3 Å². The number of aromatic nitrogens is 1. The molecule has 1 aromatic carbocycles. The predicted molar refractivity (Wildman–Crippen MR) is 76.2 cm³/mol. The molecular formula is C15H10N4O2. The predicted octanol–water partition coefficient (Wildman–Crippen LogP) is 2.08. The van der Waals surface area contributed by atoms with Crippen molar-refractivity contribution in [2.45, 2.75) is 6.42 Å². The van der Waals surface area contributed by atoms with Gasteiger partial charge < -0.3 is 5.41 Å². The van der Waals surface area contributed by atoms with Crippen LogP contribution in [-0.4, -0.2) is 10.8 Å². The Labute approximate surface area is 120 Å². The normalized spacial score (nSPS) is 9.48. The molecule has 0 aliphatic carbocycles. The fourth-order valence-electron chi connectivity index (χ4n) is 1.84. The largest absolute Gasteiger partial charge is 0.757 e. The van der Waals surface area contributed by atoms with Crippen molar-refractivity contribution in [3.05, 3.63) is 75.4 Å². The number of nitro groups is 1. The van der Waals surface area contributed by atoms with Crippen LogP contribution in [0.4, 0.5) is 5.69 Å². The number of nitriles is 1. The monoisotopic (exact) mass is 278 g/mol. The van der Waals surface area contributed by atoms with E-state index in [4.69, 9.17) is 10.7 Å². The average Bonchev–Trinajstić information content (AvgIpc) is 2.51. The molecule has 2 rings (SSSR count). The van der Waals surface area contributed by atoms with Crippen molar-refractivity contribution in [3.8, 4) is 6.07 Å². The first kappa shape index (κ1) is 14.1. The fraction of sp³-hybridized carbons (Fsp3) is 0.0667. The van der Waals surface area contributed by atoms with Crippen molar-refractivity contribution >= 4 is 17.3 Å². The number of nitrogens with zero attached hydrogens (tertiary/aromatic N) is 4. The summed E-state index contributed by atoms with van der Waals surface area (Å²) in [7, 11) is 0. The van der Waals surface area contributed by atoms with Gasteiger partial charge in [-0.05, 0) is 17.5 Å². The van der Waals surface area contributed by atoms with E-state index in [1.165, 1.54) is 16.7 Å². The molecule has 0 bridgehead atoms. The molecule has 6 nitrogen and oxygen atoms in total. The smallest absolute Gasteiger partial charge is 0.309 e. The molecule has 1 heterocycles. The van der Waals surface area contributed by atoms with Crippen LogP contribution in [0.3, 0.4) is 0 Å². The van der Waals surface area contributed by atoms with E-state index in [1.54, 1.807) is 36.7 Å². The van der Waals surface area contributed by atoms with Crippen LogP contribution < -0.4 is 4.57 Å². The lowest BCUT2D eigenvalue weighted by atomic mass is 10.1. The number of pyridine rings is 1. The molecule has 0 unspecified atom stereocenters. The maximum absolute atomic E-state index is 10.6. The number of non-ortho nitro benzene ring substituents is 1. The molecule has 0 aliphatic heterocycles. The minimum absolute atomic E-state index is 0.00288. The maximum atomic E-state index is 10.6. The number of hydrogen-bond donors (Lipinski definition) is 0. The Bertz CT molecular complexity index is 752. The van der Waals surface area contributed by atoms with Crippen LogP contribution in [0.15, 0.2) is 48.8 Å². The molecule has 2 aromatic rings. The Hall–Kier alpha value is -3.29. The second kappa shape index (κ2) is 6.24. The average molecular weight is 278 g/mol. The molecular weight excluding hydrogens is 268 g/mol. The van der Waals surface area contributed by atoms with Crippen LogP contribution in [0.2, 0.25) is 0 Å². The quantitative estimate of drug-likeness (QED) is 0.282. The Morgan fingerprint density at radius 3 is 2.24 bits per heavy atom. The lowest BCUT2D eigenvalue weighted by Gasteiger charge is -2.01. The lowest BCUT2D eigenvalue weighted by Crippen LogP contribution is -2.30. The van der Waals surface area contributed by atoms with Crippen LogP contribution in [0, 0.1) is 21.4 Å². The molecule has 0 spiro atoms. The molecule has 0 fully saturated rings. The maximum Gasteiger partial charge on any atom is 0.309 e. The van der Waals surface area contributed by atoms with E-state index in [2.05, 4.69) is 0 Å². The van der Waals surface area contributed by atoms with Gasteiger partial charge in [-0.15, -0.1) is 0 Å². The van der Waals surface area contributed by atoms with E-state index >= 15 is 0 Å². The Balaban J connectivity index is 2.15. The second-order valence-corrected chi connectivity index (χ2v) is 4.29. The molecule has 0 radical (unpaired) electrons. The number of rotatable bonds is 4. The van der Waals surface area contributed by atoms with Crippen LogP contribution in [0.1, 0.15) is 11.1 Å². The van der Waals surface area contributed by atoms with Gasteiger partial charge in [0.15, 0.2) is 18.5 Å². The molecule has 21 heavy (non-hydrogen) atoms. The van der Waals surface area contributed by atoms with E-state index in [9.17, 15) is 10.1 Å². The highest BCUT2D eigenvalue weighted by molar-refractivity contribution is 5.84. The summed E-state index contributed by atoms with van der Waals surface area (Å²) in [6.45, 7) is 0. The van der Waals surface area contributed by atoms with Crippen LogP contribution in [0.25, 0.3) is 11.1 Å². The minimum atomic E-state index is -0.434. The summed E-state index contributed by atoms with van der Waals surface area (Å²) in [5.41, 5.74) is 1.99. The van der Waals surface area contributed by atoms with Gasteiger partial charge in [0.2, 0.25) is 0 Å². The van der Waals surface area contributed by atoms with Gasteiger partial charge in [-0.1, -0.05) is 12.1 Å². The van der Waals surface area contributed by atoms with Crippen molar-refractivity contribution in [2.24, 2.45) is 0 Å². The zero-order valence-electron chi connectivity index (χ0n) is 10.9. The van der Waals surface area contributed by atoms with Gasteiger partial charge in [-0.25, -0.2) is 0 Å². The van der Waals surface area contributed by atoms with Gasteiger partial charge in [0.05, 0.1) is 4.92 Å². The zero-order chi connectivity index (χ0) is 15.2. The molecule has 0 atom stereocenters. The van der Waals surface area contributed by atoms with Crippen LogP contribution in [-0.2, 0) is 6.42 Å². The molecule has 0 N–H and O–H groups in total. The number of nitro benzene ring substituents is 1. The fourth-order valence-corrected chi connectivity index (χ4v) is 1.84. The molecule has 0 saturated heterocycles. The summed E-state index contributed by atoms with van der Waals surface area (Å²) in [5, 5.41) is 28.1. The highest BCUT2D eigenvalue weighted by Gasteiger charge is 2.08. The summed E-state index contributed by atoms with van der Waals surface area (Å²) in [6, 6.07) is 11.8. The second-order valence-electron chi connectivity index (χ2n) is 4.29. The van der Waals surface area contributed by atoms with E-state index in [1.807, 2.05) is 11.9 Å². The first-order chi connectivity index (χ1) is 10.1. The van der Waals surface area contributed by atoms with Crippen molar-refractivity contribution < 1.29 is 9.49 Å². The van der Waals surface area contributed by atoms with Crippen molar-refractivity contribution in [2.75, 3.05) is 0 Å². The highest BCUT2D eigenvalue weighted by Crippen LogP contribution is 2.14. The Morgan fingerprint density at radius 1 is 1.19 bits per heavy atom. The third-order valence-electron chi connectivity index (χ3n) is 2.92. The summed E-state index contributed by atoms with van der Waals surface area (Å²) in [5.74, 6) is 1.81.